The molecule has 0 spiro atoms. The molecule has 3 aliphatic rings. The summed E-state index contributed by atoms with van der Waals surface area (Å²) >= 11 is 0. The number of aliphatic hydroxyl groups excluding tert-OH is 3. The highest BCUT2D eigenvalue weighted by atomic mass is 16.3. The fourth-order valence-electron chi connectivity index (χ4n) is 6.29. The second-order valence-corrected chi connectivity index (χ2v) is 9.36. The Morgan fingerprint density at radius 3 is 2.60 bits per heavy atom. The molecule has 25 heavy (non-hydrogen) atoms. The topological polar surface area (TPSA) is 72.7 Å². The lowest BCUT2D eigenvalue weighted by molar-refractivity contribution is -0.118. The van der Waals surface area contributed by atoms with Gasteiger partial charge in [-0.25, -0.2) is 0 Å². The fourth-order valence-corrected chi connectivity index (χ4v) is 6.29. The number of aliphatic hydroxyl groups is 3. The summed E-state index contributed by atoms with van der Waals surface area (Å²) in [6.07, 6.45) is 6.43. The molecule has 144 valence electrons. The highest BCUT2D eigenvalue weighted by Crippen LogP contribution is 2.61. The van der Waals surface area contributed by atoms with E-state index in [0.29, 0.717) is 24.3 Å². The fraction of sp³-hybridized carbons (Fsp3) is 0.905. The van der Waals surface area contributed by atoms with Crippen molar-refractivity contribution < 1.29 is 15.3 Å². The predicted molar refractivity (Wildman–Crippen MR) is 100 cm³/mol. The van der Waals surface area contributed by atoms with Crippen LogP contribution in [0.3, 0.4) is 0 Å². The van der Waals surface area contributed by atoms with E-state index in [1.54, 1.807) is 0 Å². The van der Waals surface area contributed by atoms with Crippen LogP contribution in [-0.2, 0) is 0 Å². The Balaban J connectivity index is 1.78. The van der Waals surface area contributed by atoms with Gasteiger partial charge in [0.05, 0.1) is 18.8 Å². The monoisotopic (exact) mass is 351 g/mol. The van der Waals surface area contributed by atoms with Gasteiger partial charge in [-0.05, 0) is 80.1 Å². The van der Waals surface area contributed by atoms with Crippen LogP contribution in [0.1, 0.15) is 58.8 Å². The van der Waals surface area contributed by atoms with E-state index in [0.717, 1.165) is 51.5 Å². The predicted octanol–water partition coefficient (Wildman–Crippen LogP) is 2.48. The second kappa shape index (κ2) is 7.30. The van der Waals surface area contributed by atoms with Crippen LogP contribution in [0.25, 0.3) is 0 Å². The van der Waals surface area contributed by atoms with Gasteiger partial charge in [-0.2, -0.15) is 0 Å². The summed E-state index contributed by atoms with van der Waals surface area (Å²) in [6.45, 7) is 10.5. The molecule has 3 rings (SSSR count). The molecule has 3 saturated carbocycles. The first-order valence-corrected chi connectivity index (χ1v) is 10.2. The zero-order valence-corrected chi connectivity index (χ0v) is 16.0. The molecule has 4 nitrogen and oxygen atoms in total. The molecule has 0 amide bonds. The van der Waals surface area contributed by atoms with Crippen LogP contribution in [0.15, 0.2) is 12.2 Å². The van der Waals surface area contributed by atoms with Crippen LogP contribution in [-0.4, -0.2) is 47.2 Å². The Morgan fingerprint density at radius 2 is 1.88 bits per heavy atom. The van der Waals surface area contributed by atoms with Gasteiger partial charge in [0.2, 0.25) is 0 Å². The molecule has 0 aromatic rings. The largest absolute Gasteiger partial charge is 0.395 e. The van der Waals surface area contributed by atoms with E-state index in [2.05, 4.69) is 25.7 Å². The molecule has 3 fully saturated rings. The van der Waals surface area contributed by atoms with Gasteiger partial charge in [0.25, 0.3) is 0 Å². The summed E-state index contributed by atoms with van der Waals surface area (Å²) < 4.78 is 0. The van der Waals surface area contributed by atoms with Gasteiger partial charge in [0, 0.05) is 6.54 Å². The van der Waals surface area contributed by atoms with Crippen molar-refractivity contribution in [2.24, 2.45) is 28.6 Å². The van der Waals surface area contributed by atoms with Crippen molar-refractivity contribution in [2.75, 3.05) is 19.7 Å². The van der Waals surface area contributed by atoms with E-state index >= 15 is 0 Å². The lowest BCUT2D eigenvalue weighted by Crippen LogP contribution is -2.54. The minimum absolute atomic E-state index is 0.0480. The summed E-state index contributed by atoms with van der Waals surface area (Å²) in [5.41, 5.74) is 1.50. The maximum atomic E-state index is 11.3. The Hall–Kier alpha value is -0.420. The standard InChI is InChI=1S/C21H37NO3/c1-14-4-5-17-19(25)18(7-9-20(14,17)2)21(3)8-6-16(24)12-15(21)13-22-10-11-23/h15-19,22-25H,1,4-13H2,2-3H3. The van der Waals surface area contributed by atoms with Gasteiger partial charge in [-0.3, -0.25) is 0 Å². The zero-order chi connectivity index (χ0) is 18.2. The van der Waals surface area contributed by atoms with Crippen molar-refractivity contribution in [1.29, 1.82) is 0 Å². The number of hydrogen-bond donors (Lipinski definition) is 4. The molecule has 0 saturated heterocycles. The van der Waals surface area contributed by atoms with Gasteiger partial charge >= 0.3 is 0 Å². The molecular weight excluding hydrogens is 314 g/mol. The molecule has 4 heteroatoms. The van der Waals surface area contributed by atoms with Crippen LogP contribution in [0.2, 0.25) is 0 Å². The van der Waals surface area contributed by atoms with Crippen LogP contribution in [0.4, 0.5) is 0 Å². The Bertz CT molecular complexity index is 496. The van der Waals surface area contributed by atoms with Gasteiger partial charge in [-0.1, -0.05) is 26.0 Å². The number of nitrogens with one attached hydrogen (secondary N) is 1. The number of hydrogen-bond acceptors (Lipinski definition) is 4. The lowest BCUT2D eigenvalue weighted by atomic mass is 9.52. The third-order valence-corrected chi connectivity index (χ3v) is 8.21. The van der Waals surface area contributed by atoms with Gasteiger partial charge < -0.3 is 20.6 Å². The highest BCUT2D eigenvalue weighted by Gasteiger charge is 2.56. The second-order valence-electron chi connectivity index (χ2n) is 9.36. The third-order valence-electron chi connectivity index (χ3n) is 8.21. The van der Waals surface area contributed by atoms with Crippen molar-refractivity contribution >= 4 is 0 Å². The normalized spacial score (nSPS) is 47.7. The van der Waals surface area contributed by atoms with Crippen LogP contribution in [0, 0.1) is 28.6 Å². The average Bonchev–Trinajstić information content (AvgIpc) is 2.88. The quantitative estimate of drug-likeness (QED) is 0.454. The first kappa shape index (κ1) is 19.3. The average molecular weight is 352 g/mol. The number of fused-ring (bicyclic) bond motifs is 1. The molecule has 7 unspecified atom stereocenters. The number of allylic oxidation sites excluding steroid dienone is 1. The summed E-state index contributed by atoms with van der Waals surface area (Å²) in [7, 11) is 0. The van der Waals surface area contributed by atoms with E-state index in [1.165, 1.54) is 5.57 Å². The summed E-state index contributed by atoms with van der Waals surface area (Å²) in [4.78, 5) is 0. The Labute approximate surface area is 152 Å². The molecule has 0 aromatic heterocycles. The first-order valence-electron chi connectivity index (χ1n) is 10.2. The zero-order valence-electron chi connectivity index (χ0n) is 16.0. The van der Waals surface area contributed by atoms with Crippen LogP contribution < -0.4 is 5.32 Å². The maximum Gasteiger partial charge on any atom is 0.0610 e. The van der Waals surface area contributed by atoms with Crippen molar-refractivity contribution in [1.82, 2.24) is 5.32 Å². The third kappa shape index (κ3) is 3.31. The maximum absolute atomic E-state index is 11.3. The number of rotatable bonds is 5. The Morgan fingerprint density at radius 1 is 1.12 bits per heavy atom. The van der Waals surface area contributed by atoms with Crippen LogP contribution >= 0.6 is 0 Å². The molecule has 0 heterocycles. The van der Waals surface area contributed by atoms with Crippen molar-refractivity contribution in [3.05, 3.63) is 12.2 Å². The minimum atomic E-state index is -0.265. The van der Waals surface area contributed by atoms with Gasteiger partial charge in [0.1, 0.15) is 0 Å². The molecular formula is C21H37NO3. The summed E-state index contributed by atoms with van der Waals surface area (Å²) in [6, 6.07) is 0. The molecule has 7 atom stereocenters. The van der Waals surface area contributed by atoms with Gasteiger partial charge in [0.15, 0.2) is 0 Å². The summed E-state index contributed by atoms with van der Waals surface area (Å²) in [5.74, 6) is 0.981. The van der Waals surface area contributed by atoms with E-state index in [-0.39, 0.29) is 29.6 Å². The first-order chi connectivity index (χ1) is 11.8. The summed E-state index contributed by atoms with van der Waals surface area (Å²) in [5, 5.41) is 33.9. The molecule has 4 N–H and O–H groups in total. The van der Waals surface area contributed by atoms with E-state index in [1.807, 2.05) is 0 Å². The minimum Gasteiger partial charge on any atom is -0.395 e. The van der Waals surface area contributed by atoms with Crippen molar-refractivity contribution in [3.8, 4) is 0 Å². The van der Waals surface area contributed by atoms with Crippen molar-refractivity contribution in [2.45, 2.75) is 71.0 Å². The molecule has 0 aromatic carbocycles. The van der Waals surface area contributed by atoms with E-state index < -0.39 is 0 Å². The SMILES string of the molecule is C=C1CCC2C(O)C(C3(C)CCC(O)CC3CNCCO)CCC12C. The van der Waals surface area contributed by atoms with Crippen LogP contribution in [0.5, 0.6) is 0 Å². The molecule has 0 aliphatic heterocycles. The molecule has 0 radical (unpaired) electrons. The highest BCUT2D eigenvalue weighted by molar-refractivity contribution is 5.21. The lowest BCUT2D eigenvalue weighted by Gasteiger charge is -2.55. The Kier molecular flexibility index (Phi) is 5.65. The molecule has 0 bridgehead atoms. The van der Waals surface area contributed by atoms with E-state index in [4.69, 9.17) is 5.11 Å². The molecule has 3 aliphatic carbocycles. The smallest absolute Gasteiger partial charge is 0.0610 e. The van der Waals surface area contributed by atoms with E-state index in [9.17, 15) is 10.2 Å². The van der Waals surface area contributed by atoms with Gasteiger partial charge in [-0.15, -0.1) is 0 Å². The van der Waals surface area contributed by atoms with Crippen molar-refractivity contribution in [3.63, 3.8) is 0 Å².